The number of aromatic nitrogens is 6. The minimum absolute atomic E-state index is 0.306. The number of anilines is 2. The van der Waals surface area contributed by atoms with Gasteiger partial charge in [-0.25, -0.2) is 14.6 Å². The molecule has 0 aliphatic heterocycles. The molecule has 11 heteroatoms. The fraction of sp³-hybridized carbons (Fsp3) is 0.130. The van der Waals surface area contributed by atoms with Crippen LogP contribution >= 0.6 is 0 Å². The number of pyridine rings is 2. The maximum atomic E-state index is 12.9. The maximum absolute atomic E-state index is 12.9. The summed E-state index contributed by atoms with van der Waals surface area (Å²) in [6.07, 6.45) is 4.78. The zero-order chi connectivity index (χ0) is 23.8. The number of benzene rings is 1. The highest BCUT2D eigenvalue weighted by Crippen LogP contribution is 2.23. The largest absolute Gasteiger partial charge is 0.497 e. The van der Waals surface area contributed by atoms with Crippen LogP contribution in [0.1, 0.15) is 26.4 Å². The van der Waals surface area contributed by atoms with Crippen molar-refractivity contribution in [1.29, 1.82) is 0 Å². The number of fused-ring (bicyclic) bond motifs is 2. The van der Waals surface area contributed by atoms with E-state index in [4.69, 9.17) is 4.74 Å². The van der Waals surface area contributed by atoms with Gasteiger partial charge in [0, 0.05) is 36.9 Å². The predicted octanol–water partition coefficient (Wildman–Crippen LogP) is 2.83. The van der Waals surface area contributed by atoms with Gasteiger partial charge in [-0.2, -0.15) is 0 Å². The molecule has 34 heavy (non-hydrogen) atoms. The fourth-order valence-corrected chi connectivity index (χ4v) is 3.64. The van der Waals surface area contributed by atoms with Crippen molar-refractivity contribution in [3.63, 3.8) is 0 Å². The minimum Gasteiger partial charge on any atom is -0.497 e. The van der Waals surface area contributed by atoms with Gasteiger partial charge in [0.1, 0.15) is 22.6 Å². The number of hydrogen-bond donors (Lipinski definition) is 2. The van der Waals surface area contributed by atoms with Crippen molar-refractivity contribution in [2.75, 3.05) is 17.7 Å². The molecule has 5 rings (SSSR count). The van der Waals surface area contributed by atoms with E-state index in [0.29, 0.717) is 45.2 Å². The Bertz CT molecular complexity index is 1570. The van der Waals surface area contributed by atoms with Crippen molar-refractivity contribution < 1.29 is 14.3 Å². The lowest BCUT2D eigenvalue weighted by Crippen LogP contribution is -2.16. The number of aryl methyl sites for hydroxylation is 2. The molecule has 0 fully saturated rings. The van der Waals surface area contributed by atoms with Gasteiger partial charge < -0.3 is 15.4 Å². The molecule has 170 valence electrons. The molecule has 0 aliphatic rings. The third kappa shape index (κ3) is 3.68. The Morgan fingerprint density at radius 2 is 1.88 bits per heavy atom. The van der Waals surface area contributed by atoms with Gasteiger partial charge >= 0.3 is 0 Å². The van der Waals surface area contributed by atoms with Gasteiger partial charge in [-0.05, 0) is 42.8 Å². The molecule has 5 aromatic rings. The standard InChI is InChI=1S/C23H20N8O3/c1-13-10-14(26-22(32)16-6-8-24-21-20(16)28-29-30(21)2)4-5-17(13)27-23(33)18-12-25-19-11-15(34-3)7-9-31(18)19/h4-12H,1-3H3,(H,26,32)(H,27,33). The van der Waals surface area contributed by atoms with Gasteiger partial charge in [-0.15, -0.1) is 5.10 Å². The summed E-state index contributed by atoms with van der Waals surface area (Å²) >= 11 is 0. The van der Waals surface area contributed by atoms with Crippen LogP contribution in [0.2, 0.25) is 0 Å². The number of hydrogen-bond acceptors (Lipinski definition) is 7. The second kappa shape index (κ2) is 8.28. The van der Waals surface area contributed by atoms with Gasteiger partial charge in [0.15, 0.2) is 5.65 Å². The molecule has 2 N–H and O–H groups in total. The Morgan fingerprint density at radius 1 is 1.03 bits per heavy atom. The number of imidazole rings is 1. The van der Waals surface area contributed by atoms with E-state index in [1.807, 2.05) is 6.92 Å². The van der Waals surface area contributed by atoms with Crippen LogP contribution in [0.25, 0.3) is 16.8 Å². The molecule has 0 radical (unpaired) electrons. The van der Waals surface area contributed by atoms with E-state index >= 15 is 0 Å². The highest BCUT2D eigenvalue weighted by atomic mass is 16.5. The Hall–Kier alpha value is -4.80. The summed E-state index contributed by atoms with van der Waals surface area (Å²) in [6, 6.07) is 10.3. The Balaban J connectivity index is 1.34. The number of carbonyl (C=O) groups excluding carboxylic acids is 2. The summed E-state index contributed by atoms with van der Waals surface area (Å²) in [5.74, 6) is 0.0231. The third-order valence-corrected chi connectivity index (χ3v) is 5.42. The lowest BCUT2D eigenvalue weighted by molar-refractivity contribution is 0.101. The van der Waals surface area contributed by atoms with Crippen molar-refractivity contribution in [1.82, 2.24) is 29.4 Å². The topological polar surface area (TPSA) is 128 Å². The van der Waals surface area contributed by atoms with Crippen LogP contribution in [0, 0.1) is 6.92 Å². The van der Waals surface area contributed by atoms with Gasteiger partial charge in [0.05, 0.1) is 18.9 Å². The molecule has 2 amide bonds. The molecule has 4 heterocycles. The predicted molar refractivity (Wildman–Crippen MR) is 125 cm³/mol. The van der Waals surface area contributed by atoms with Crippen LogP contribution in [0.5, 0.6) is 5.75 Å². The highest BCUT2D eigenvalue weighted by Gasteiger charge is 2.17. The molecule has 0 atom stereocenters. The first-order valence-electron chi connectivity index (χ1n) is 10.3. The fourth-order valence-electron chi connectivity index (χ4n) is 3.64. The van der Waals surface area contributed by atoms with Gasteiger partial charge in [-0.1, -0.05) is 5.21 Å². The van der Waals surface area contributed by atoms with E-state index in [0.717, 1.165) is 5.56 Å². The molecular weight excluding hydrogens is 436 g/mol. The van der Waals surface area contributed by atoms with Crippen molar-refractivity contribution >= 4 is 40.0 Å². The number of nitrogens with one attached hydrogen (secondary N) is 2. The molecular formula is C23H20N8O3. The molecule has 0 saturated carbocycles. The number of ether oxygens (including phenoxy) is 1. The monoisotopic (exact) mass is 456 g/mol. The summed E-state index contributed by atoms with van der Waals surface area (Å²) < 4.78 is 8.39. The SMILES string of the molecule is COc1ccn2c(C(=O)Nc3ccc(NC(=O)c4ccnc5c4nnn5C)cc3C)cnc2c1. The average molecular weight is 456 g/mol. The van der Waals surface area contributed by atoms with Gasteiger partial charge in [0.25, 0.3) is 11.8 Å². The average Bonchev–Trinajstić information content (AvgIpc) is 3.44. The van der Waals surface area contributed by atoms with Gasteiger partial charge in [0.2, 0.25) is 0 Å². The first-order chi connectivity index (χ1) is 16.4. The lowest BCUT2D eigenvalue weighted by Gasteiger charge is -2.11. The number of methoxy groups -OCH3 is 1. The Morgan fingerprint density at radius 3 is 2.68 bits per heavy atom. The van der Waals surface area contributed by atoms with E-state index in [1.165, 1.54) is 10.9 Å². The highest BCUT2D eigenvalue weighted by molar-refractivity contribution is 6.11. The normalized spacial score (nSPS) is 11.0. The molecule has 0 bridgehead atoms. The number of rotatable bonds is 5. The first kappa shape index (κ1) is 21.1. The van der Waals surface area contributed by atoms with E-state index in [2.05, 4.69) is 30.9 Å². The van der Waals surface area contributed by atoms with Crippen LogP contribution in [0.4, 0.5) is 11.4 Å². The van der Waals surface area contributed by atoms with Crippen LogP contribution < -0.4 is 15.4 Å². The Kier molecular flexibility index (Phi) is 5.13. The zero-order valence-corrected chi connectivity index (χ0v) is 18.6. The molecule has 4 aromatic heterocycles. The summed E-state index contributed by atoms with van der Waals surface area (Å²) in [5.41, 5.74) is 4.29. The molecule has 11 nitrogen and oxygen atoms in total. The molecule has 0 saturated heterocycles. The van der Waals surface area contributed by atoms with E-state index in [9.17, 15) is 9.59 Å². The first-order valence-corrected chi connectivity index (χ1v) is 10.3. The van der Waals surface area contributed by atoms with Crippen LogP contribution in [0.3, 0.4) is 0 Å². The smallest absolute Gasteiger partial charge is 0.274 e. The van der Waals surface area contributed by atoms with Crippen molar-refractivity contribution in [3.8, 4) is 5.75 Å². The number of nitrogens with zero attached hydrogens (tertiary/aromatic N) is 6. The summed E-state index contributed by atoms with van der Waals surface area (Å²) in [4.78, 5) is 34.2. The van der Waals surface area contributed by atoms with Crippen molar-refractivity contribution in [2.45, 2.75) is 6.92 Å². The van der Waals surface area contributed by atoms with E-state index in [-0.39, 0.29) is 11.8 Å². The summed E-state index contributed by atoms with van der Waals surface area (Å²) in [6.45, 7) is 1.85. The molecule has 0 unspecified atom stereocenters. The lowest BCUT2D eigenvalue weighted by atomic mass is 10.1. The van der Waals surface area contributed by atoms with Gasteiger partial charge in [-0.3, -0.25) is 14.0 Å². The molecule has 0 spiro atoms. The van der Waals surface area contributed by atoms with Crippen molar-refractivity contribution in [3.05, 3.63) is 71.8 Å². The summed E-state index contributed by atoms with van der Waals surface area (Å²) in [7, 11) is 3.29. The summed E-state index contributed by atoms with van der Waals surface area (Å²) in [5, 5.41) is 13.7. The van der Waals surface area contributed by atoms with Crippen LogP contribution in [-0.2, 0) is 7.05 Å². The maximum Gasteiger partial charge on any atom is 0.274 e. The quantitative estimate of drug-likeness (QED) is 0.416. The second-order valence-corrected chi connectivity index (χ2v) is 7.62. The third-order valence-electron chi connectivity index (χ3n) is 5.42. The molecule has 0 aliphatic carbocycles. The minimum atomic E-state index is -0.328. The second-order valence-electron chi connectivity index (χ2n) is 7.62. The van der Waals surface area contributed by atoms with Crippen LogP contribution in [-0.4, -0.2) is 48.3 Å². The molecule has 1 aromatic carbocycles. The van der Waals surface area contributed by atoms with E-state index in [1.54, 1.807) is 67.4 Å². The van der Waals surface area contributed by atoms with Crippen LogP contribution in [0.15, 0.2) is 55.0 Å². The Labute approximate surface area is 193 Å². The van der Waals surface area contributed by atoms with Crippen molar-refractivity contribution in [2.24, 2.45) is 7.05 Å². The van der Waals surface area contributed by atoms with E-state index < -0.39 is 0 Å². The number of carbonyl (C=O) groups is 2. The number of amides is 2. The zero-order valence-electron chi connectivity index (χ0n) is 18.6.